The second-order valence-electron chi connectivity index (χ2n) is 7.53. The third-order valence-corrected chi connectivity index (χ3v) is 6.77. The number of hydrogen-bond acceptors (Lipinski definition) is 5. The van der Waals surface area contributed by atoms with Gasteiger partial charge in [-0.25, -0.2) is 0 Å². The summed E-state index contributed by atoms with van der Waals surface area (Å²) < 4.78 is 0. The number of carbonyl (C=O) groups excluding carboxylic acids is 1. The highest BCUT2D eigenvalue weighted by Gasteiger charge is 2.30. The molecule has 1 saturated heterocycles. The average Bonchev–Trinajstić information content (AvgIpc) is 3.32. The molecular weight excluding hydrogens is 434 g/mol. The molecule has 2 aromatic carbocycles. The summed E-state index contributed by atoms with van der Waals surface area (Å²) in [5.74, 6) is 0.0291. The van der Waals surface area contributed by atoms with Crippen LogP contribution < -0.4 is 4.90 Å². The Bertz CT molecular complexity index is 1050. The Labute approximate surface area is 189 Å². The molecular formula is C23H22ClN3O3S. The Kier molecular flexibility index (Phi) is 6.65. The monoisotopic (exact) mass is 455 g/mol. The minimum absolute atomic E-state index is 0.0291. The molecule has 6 nitrogen and oxygen atoms in total. The molecule has 4 rings (SSSR count). The van der Waals surface area contributed by atoms with E-state index in [-0.39, 0.29) is 17.6 Å². The molecule has 0 radical (unpaired) electrons. The molecule has 0 bridgehead atoms. The first-order chi connectivity index (χ1) is 15.0. The van der Waals surface area contributed by atoms with Gasteiger partial charge in [-0.3, -0.25) is 19.8 Å². The minimum Gasteiger partial charge on any atom is -0.305 e. The number of hydrogen-bond donors (Lipinski definition) is 0. The lowest BCUT2D eigenvalue weighted by molar-refractivity contribution is -0.384. The van der Waals surface area contributed by atoms with Crippen LogP contribution in [0.25, 0.3) is 0 Å². The molecule has 1 amide bonds. The maximum absolute atomic E-state index is 13.3. The number of rotatable bonds is 6. The Balaban J connectivity index is 1.48. The second-order valence-corrected chi connectivity index (χ2v) is 8.88. The van der Waals surface area contributed by atoms with Gasteiger partial charge in [0.15, 0.2) is 0 Å². The first-order valence-corrected chi connectivity index (χ1v) is 11.4. The van der Waals surface area contributed by atoms with Crippen LogP contribution in [0.3, 0.4) is 0 Å². The van der Waals surface area contributed by atoms with Gasteiger partial charge in [-0.05, 0) is 48.1 Å². The number of nitro groups is 1. The number of benzene rings is 2. The summed E-state index contributed by atoms with van der Waals surface area (Å²) in [6.45, 7) is 2.12. The lowest BCUT2D eigenvalue weighted by Gasteiger charge is -2.38. The molecule has 31 heavy (non-hydrogen) atoms. The average molecular weight is 456 g/mol. The van der Waals surface area contributed by atoms with E-state index in [0.717, 1.165) is 42.1 Å². The van der Waals surface area contributed by atoms with Crippen LogP contribution in [0.1, 0.15) is 28.1 Å². The number of carbonyl (C=O) groups is 1. The number of likely N-dealkylation sites (tertiary alicyclic amines) is 1. The highest BCUT2D eigenvalue weighted by atomic mass is 35.5. The van der Waals surface area contributed by atoms with Crippen molar-refractivity contribution >= 4 is 40.2 Å². The zero-order valence-corrected chi connectivity index (χ0v) is 18.4. The number of non-ortho nitro benzene ring substituents is 1. The van der Waals surface area contributed by atoms with E-state index in [1.807, 2.05) is 52.7 Å². The third-order valence-electron chi connectivity index (χ3n) is 5.54. The number of para-hydroxylation sites is 1. The van der Waals surface area contributed by atoms with Gasteiger partial charge < -0.3 is 4.90 Å². The highest BCUT2D eigenvalue weighted by molar-refractivity contribution is 7.12. The molecule has 3 aromatic rings. The zero-order valence-electron chi connectivity index (χ0n) is 16.8. The first-order valence-electron chi connectivity index (χ1n) is 10.1. The third kappa shape index (κ3) is 4.95. The number of halogens is 1. The number of nitrogens with zero attached hydrogens (tertiary/aromatic N) is 3. The Hall–Kier alpha value is -2.74. The summed E-state index contributed by atoms with van der Waals surface area (Å²) in [4.78, 5) is 28.8. The molecule has 0 aliphatic carbocycles. The van der Waals surface area contributed by atoms with E-state index in [1.165, 1.54) is 17.4 Å². The summed E-state index contributed by atoms with van der Waals surface area (Å²) >= 11 is 7.73. The van der Waals surface area contributed by atoms with Crippen LogP contribution in [0.15, 0.2) is 66.0 Å². The van der Waals surface area contributed by atoms with Crippen LogP contribution in [0.5, 0.6) is 0 Å². The largest absolute Gasteiger partial charge is 0.305 e. The van der Waals surface area contributed by atoms with Crippen LogP contribution in [0, 0.1) is 10.1 Å². The van der Waals surface area contributed by atoms with Crippen molar-refractivity contribution in [2.45, 2.75) is 25.4 Å². The van der Waals surface area contributed by atoms with Crippen molar-refractivity contribution in [2.24, 2.45) is 0 Å². The molecule has 1 aromatic heterocycles. The SMILES string of the molecule is O=C(c1cccs1)N(c1ccccc1)C1CCN(Cc2cc([N+](=O)[O-])ccc2Cl)CC1. The molecule has 0 atom stereocenters. The molecule has 0 N–H and O–H groups in total. The lowest BCUT2D eigenvalue weighted by atomic mass is 10.0. The Morgan fingerprint density at radius 1 is 1.13 bits per heavy atom. The van der Waals surface area contributed by atoms with E-state index < -0.39 is 4.92 Å². The van der Waals surface area contributed by atoms with Crippen molar-refractivity contribution < 1.29 is 9.72 Å². The molecule has 160 valence electrons. The molecule has 2 heterocycles. The number of amides is 1. The summed E-state index contributed by atoms with van der Waals surface area (Å²) in [6, 6.07) is 18.2. The minimum atomic E-state index is -0.403. The van der Waals surface area contributed by atoms with Crippen LogP contribution in [-0.4, -0.2) is 34.9 Å². The fraction of sp³-hybridized carbons (Fsp3) is 0.261. The number of piperidine rings is 1. The van der Waals surface area contributed by atoms with E-state index >= 15 is 0 Å². The molecule has 0 saturated carbocycles. The van der Waals surface area contributed by atoms with Crippen molar-refractivity contribution in [1.82, 2.24) is 4.90 Å². The quantitative estimate of drug-likeness (QED) is 0.357. The van der Waals surface area contributed by atoms with Crippen LogP contribution >= 0.6 is 22.9 Å². The zero-order chi connectivity index (χ0) is 21.8. The molecule has 0 unspecified atom stereocenters. The fourth-order valence-corrected chi connectivity index (χ4v) is 4.81. The predicted octanol–water partition coefficient (Wildman–Crippen LogP) is 5.62. The van der Waals surface area contributed by atoms with E-state index in [1.54, 1.807) is 12.1 Å². The van der Waals surface area contributed by atoms with Gasteiger partial charge in [0.1, 0.15) is 0 Å². The fourth-order valence-electron chi connectivity index (χ4n) is 3.97. The van der Waals surface area contributed by atoms with Crippen molar-refractivity contribution in [3.63, 3.8) is 0 Å². The smallest absolute Gasteiger partial charge is 0.269 e. The summed E-state index contributed by atoms with van der Waals surface area (Å²) in [6.07, 6.45) is 1.64. The summed E-state index contributed by atoms with van der Waals surface area (Å²) in [5, 5.41) is 13.5. The van der Waals surface area contributed by atoms with Crippen LogP contribution in [0.2, 0.25) is 5.02 Å². The van der Waals surface area contributed by atoms with Gasteiger partial charge in [0, 0.05) is 48.5 Å². The topological polar surface area (TPSA) is 66.7 Å². The normalized spacial score (nSPS) is 15.0. The van der Waals surface area contributed by atoms with Gasteiger partial charge in [-0.15, -0.1) is 11.3 Å². The van der Waals surface area contributed by atoms with Crippen molar-refractivity contribution in [3.8, 4) is 0 Å². The molecule has 1 aliphatic rings. The molecule has 1 fully saturated rings. The van der Waals surface area contributed by atoms with Crippen molar-refractivity contribution in [1.29, 1.82) is 0 Å². The van der Waals surface area contributed by atoms with E-state index in [2.05, 4.69) is 4.90 Å². The summed E-state index contributed by atoms with van der Waals surface area (Å²) in [7, 11) is 0. The standard InChI is InChI=1S/C23H22ClN3O3S/c24-21-9-8-20(27(29)30)15-17(21)16-25-12-10-19(11-13-25)26(18-5-2-1-3-6-18)23(28)22-7-4-14-31-22/h1-9,14-15,19H,10-13,16H2. The number of anilines is 1. The molecule has 8 heteroatoms. The van der Waals surface area contributed by atoms with Gasteiger partial charge in [0.2, 0.25) is 0 Å². The summed E-state index contributed by atoms with van der Waals surface area (Å²) in [5.41, 5.74) is 1.70. The number of thiophene rings is 1. The molecule has 0 spiro atoms. The van der Waals surface area contributed by atoms with E-state index in [0.29, 0.717) is 11.6 Å². The Morgan fingerprint density at radius 2 is 1.87 bits per heavy atom. The van der Waals surface area contributed by atoms with Crippen LogP contribution in [-0.2, 0) is 6.54 Å². The maximum Gasteiger partial charge on any atom is 0.269 e. The first kappa shape index (κ1) is 21.5. The van der Waals surface area contributed by atoms with Gasteiger partial charge in [0.05, 0.1) is 9.80 Å². The van der Waals surface area contributed by atoms with Gasteiger partial charge in [0.25, 0.3) is 11.6 Å². The maximum atomic E-state index is 13.3. The predicted molar refractivity (Wildman–Crippen MR) is 124 cm³/mol. The van der Waals surface area contributed by atoms with E-state index in [9.17, 15) is 14.9 Å². The van der Waals surface area contributed by atoms with Crippen molar-refractivity contribution in [3.05, 3.63) is 91.6 Å². The number of nitro benzene ring substituents is 1. The van der Waals surface area contributed by atoms with Gasteiger partial charge in [-0.1, -0.05) is 35.9 Å². The van der Waals surface area contributed by atoms with E-state index in [4.69, 9.17) is 11.6 Å². The van der Waals surface area contributed by atoms with Crippen LogP contribution in [0.4, 0.5) is 11.4 Å². The van der Waals surface area contributed by atoms with Gasteiger partial charge in [-0.2, -0.15) is 0 Å². The lowest BCUT2D eigenvalue weighted by Crippen LogP contribution is -2.47. The molecule has 1 aliphatic heterocycles. The highest BCUT2D eigenvalue weighted by Crippen LogP contribution is 2.29. The van der Waals surface area contributed by atoms with Crippen molar-refractivity contribution in [2.75, 3.05) is 18.0 Å². The second kappa shape index (κ2) is 9.60. The Morgan fingerprint density at radius 3 is 2.52 bits per heavy atom. The van der Waals surface area contributed by atoms with Gasteiger partial charge >= 0.3 is 0 Å².